The number of H-pyrrole nitrogens is 1. The van der Waals surface area contributed by atoms with Crippen LogP contribution in [0.3, 0.4) is 0 Å². The number of fused-ring (bicyclic) bond motifs is 1. The molecule has 0 radical (unpaired) electrons. The van der Waals surface area contributed by atoms with E-state index in [1.54, 1.807) is 12.3 Å². The van der Waals surface area contributed by atoms with Gasteiger partial charge < -0.3 is 10.1 Å². The summed E-state index contributed by atoms with van der Waals surface area (Å²) < 4.78 is 38.3. The summed E-state index contributed by atoms with van der Waals surface area (Å²) in [7, 11) is 0. The average molecular weight is 268 g/mol. The summed E-state index contributed by atoms with van der Waals surface area (Å²) in [5.74, 6) is 0. The van der Waals surface area contributed by atoms with E-state index in [0.29, 0.717) is 23.7 Å². The molecule has 0 amide bonds. The zero-order valence-corrected chi connectivity index (χ0v) is 9.88. The molecule has 2 aromatic rings. The number of aliphatic hydroxyl groups excluding tert-OH is 1. The fraction of sp³-hybridized carbons (Fsp3) is 0.308. The summed E-state index contributed by atoms with van der Waals surface area (Å²) in [6.45, 7) is 0.0123. The van der Waals surface area contributed by atoms with Gasteiger partial charge in [-0.15, -0.1) is 0 Å². The molecule has 0 unspecified atom stereocenters. The maximum Gasteiger partial charge on any atom is 0.417 e. The number of nitriles is 1. The molecule has 0 saturated carbocycles. The number of aromatic amines is 1. The van der Waals surface area contributed by atoms with Crippen LogP contribution in [0.1, 0.15) is 23.1 Å². The first-order chi connectivity index (χ1) is 8.97. The lowest BCUT2D eigenvalue weighted by atomic mass is 10.0. The van der Waals surface area contributed by atoms with Gasteiger partial charge in [-0.1, -0.05) is 0 Å². The molecular formula is C13H11F3N2O. The number of aryl methyl sites for hydroxylation is 1. The van der Waals surface area contributed by atoms with Crippen molar-refractivity contribution in [3.05, 3.63) is 35.0 Å². The van der Waals surface area contributed by atoms with Crippen molar-refractivity contribution < 1.29 is 18.3 Å². The maximum atomic E-state index is 12.8. The number of hydrogen-bond donors (Lipinski definition) is 2. The summed E-state index contributed by atoms with van der Waals surface area (Å²) in [6.07, 6.45) is -1.86. The van der Waals surface area contributed by atoms with Crippen molar-refractivity contribution in [2.24, 2.45) is 0 Å². The number of aromatic nitrogens is 1. The zero-order valence-electron chi connectivity index (χ0n) is 9.88. The van der Waals surface area contributed by atoms with Crippen LogP contribution in [0.2, 0.25) is 0 Å². The van der Waals surface area contributed by atoms with Crippen molar-refractivity contribution in [2.45, 2.75) is 19.0 Å². The van der Waals surface area contributed by atoms with Gasteiger partial charge in [-0.2, -0.15) is 18.4 Å². The Morgan fingerprint density at radius 1 is 1.32 bits per heavy atom. The van der Waals surface area contributed by atoms with Crippen LogP contribution >= 0.6 is 0 Å². The number of benzene rings is 1. The van der Waals surface area contributed by atoms with Crippen molar-refractivity contribution in [1.82, 2.24) is 4.98 Å². The summed E-state index contributed by atoms with van der Waals surface area (Å²) in [5, 5.41) is 18.2. The summed E-state index contributed by atoms with van der Waals surface area (Å²) in [6, 6.07) is 3.79. The monoisotopic (exact) mass is 268 g/mol. The largest absolute Gasteiger partial charge is 0.417 e. The van der Waals surface area contributed by atoms with Gasteiger partial charge in [-0.05, 0) is 30.5 Å². The van der Waals surface area contributed by atoms with Gasteiger partial charge in [0.05, 0.1) is 17.2 Å². The van der Waals surface area contributed by atoms with Gasteiger partial charge in [-0.25, -0.2) is 0 Å². The van der Waals surface area contributed by atoms with E-state index in [4.69, 9.17) is 10.4 Å². The number of hydrogen-bond acceptors (Lipinski definition) is 2. The molecule has 0 saturated heterocycles. The Bertz CT molecular complexity index is 638. The number of aliphatic hydroxyl groups is 1. The molecule has 2 rings (SSSR count). The SMILES string of the molecule is N#Cc1cc2c(CCCO)c[nH]c2cc1C(F)(F)F. The van der Waals surface area contributed by atoms with Crippen molar-refractivity contribution in [3.63, 3.8) is 0 Å². The Balaban J connectivity index is 2.57. The molecule has 1 aromatic carbocycles. The van der Waals surface area contributed by atoms with Gasteiger partial charge in [-0.3, -0.25) is 0 Å². The number of nitrogens with zero attached hydrogens (tertiary/aromatic N) is 1. The highest BCUT2D eigenvalue weighted by Crippen LogP contribution is 2.35. The normalized spacial score (nSPS) is 11.7. The number of rotatable bonds is 3. The fourth-order valence-corrected chi connectivity index (χ4v) is 2.03. The molecule has 19 heavy (non-hydrogen) atoms. The summed E-state index contributed by atoms with van der Waals surface area (Å²) in [4.78, 5) is 2.77. The van der Waals surface area contributed by atoms with Crippen LogP contribution in [0.4, 0.5) is 13.2 Å². The van der Waals surface area contributed by atoms with Crippen molar-refractivity contribution in [3.8, 4) is 6.07 Å². The maximum absolute atomic E-state index is 12.8. The smallest absolute Gasteiger partial charge is 0.396 e. The Morgan fingerprint density at radius 2 is 2.05 bits per heavy atom. The van der Waals surface area contributed by atoms with Crippen molar-refractivity contribution >= 4 is 10.9 Å². The van der Waals surface area contributed by atoms with Crippen LogP contribution in [0.15, 0.2) is 18.3 Å². The van der Waals surface area contributed by atoms with Gasteiger partial charge in [0.15, 0.2) is 0 Å². The highest BCUT2D eigenvalue weighted by Gasteiger charge is 2.34. The lowest BCUT2D eigenvalue weighted by Crippen LogP contribution is -2.07. The number of alkyl halides is 3. The summed E-state index contributed by atoms with van der Waals surface area (Å²) >= 11 is 0. The zero-order chi connectivity index (χ0) is 14.0. The van der Waals surface area contributed by atoms with E-state index < -0.39 is 11.7 Å². The fourth-order valence-electron chi connectivity index (χ4n) is 2.03. The first-order valence-corrected chi connectivity index (χ1v) is 5.69. The number of halogens is 3. The minimum absolute atomic E-state index is 0.0123. The molecule has 100 valence electrons. The third-order valence-electron chi connectivity index (χ3n) is 2.94. The third kappa shape index (κ3) is 2.56. The van der Waals surface area contributed by atoms with Crippen LogP contribution in [0.25, 0.3) is 10.9 Å². The molecule has 0 aliphatic heterocycles. The molecule has 1 aromatic heterocycles. The van der Waals surface area contributed by atoms with Crippen LogP contribution in [0.5, 0.6) is 0 Å². The van der Waals surface area contributed by atoms with E-state index in [0.717, 1.165) is 11.6 Å². The van der Waals surface area contributed by atoms with Crippen LogP contribution < -0.4 is 0 Å². The molecule has 2 N–H and O–H groups in total. The van der Waals surface area contributed by atoms with E-state index >= 15 is 0 Å². The third-order valence-corrected chi connectivity index (χ3v) is 2.94. The quantitative estimate of drug-likeness (QED) is 0.899. The minimum atomic E-state index is -4.55. The second kappa shape index (κ2) is 4.94. The molecule has 6 heteroatoms. The van der Waals surface area contributed by atoms with E-state index in [1.165, 1.54) is 6.07 Å². The van der Waals surface area contributed by atoms with Gasteiger partial charge in [0.2, 0.25) is 0 Å². The second-order valence-electron chi connectivity index (χ2n) is 4.19. The van der Waals surface area contributed by atoms with Gasteiger partial charge in [0, 0.05) is 23.7 Å². The molecule has 1 heterocycles. The molecule has 0 aliphatic carbocycles. The lowest BCUT2D eigenvalue weighted by Gasteiger charge is -2.09. The van der Waals surface area contributed by atoms with E-state index in [-0.39, 0.29) is 12.2 Å². The predicted octanol–water partition coefficient (Wildman–Crippen LogP) is 2.98. The Hall–Kier alpha value is -2.00. The van der Waals surface area contributed by atoms with E-state index in [1.807, 2.05) is 0 Å². The van der Waals surface area contributed by atoms with Gasteiger partial charge >= 0.3 is 6.18 Å². The molecule has 0 aliphatic rings. The second-order valence-corrected chi connectivity index (χ2v) is 4.19. The minimum Gasteiger partial charge on any atom is -0.396 e. The van der Waals surface area contributed by atoms with Crippen molar-refractivity contribution in [1.29, 1.82) is 5.26 Å². The van der Waals surface area contributed by atoms with Gasteiger partial charge in [0.25, 0.3) is 0 Å². The highest BCUT2D eigenvalue weighted by molar-refractivity contribution is 5.85. The van der Waals surface area contributed by atoms with Crippen LogP contribution in [0, 0.1) is 11.3 Å². The Morgan fingerprint density at radius 3 is 2.63 bits per heavy atom. The summed E-state index contributed by atoms with van der Waals surface area (Å²) in [5.41, 5.74) is -0.170. The molecule has 0 spiro atoms. The van der Waals surface area contributed by atoms with Gasteiger partial charge in [0.1, 0.15) is 0 Å². The predicted molar refractivity (Wildman–Crippen MR) is 63.4 cm³/mol. The van der Waals surface area contributed by atoms with E-state index in [2.05, 4.69) is 4.98 Å². The first-order valence-electron chi connectivity index (χ1n) is 5.69. The highest BCUT2D eigenvalue weighted by atomic mass is 19.4. The van der Waals surface area contributed by atoms with Crippen molar-refractivity contribution in [2.75, 3.05) is 6.61 Å². The molecule has 0 atom stereocenters. The Labute approximate surface area is 107 Å². The van der Waals surface area contributed by atoms with Crippen LogP contribution in [-0.4, -0.2) is 16.7 Å². The lowest BCUT2D eigenvalue weighted by molar-refractivity contribution is -0.137. The van der Waals surface area contributed by atoms with E-state index in [9.17, 15) is 13.2 Å². The Kier molecular flexibility index (Phi) is 3.49. The number of nitrogens with one attached hydrogen (secondary N) is 1. The van der Waals surface area contributed by atoms with Crippen LogP contribution in [-0.2, 0) is 12.6 Å². The first kappa shape index (κ1) is 13.4. The molecule has 3 nitrogen and oxygen atoms in total. The molecular weight excluding hydrogens is 257 g/mol. The standard InChI is InChI=1S/C13H11F3N2O/c14-13(15,16)11-5-12-10(4-9(11)6-17)8(7-18-12)2-1-3-19/h4-5,7,18-19H,1-3H2. The topological polar surface area (TPSA) is 59.8 Å². The molecule has 0 bridgehead atoms. The molecule has 0 fully saturated rings. The average Bonchev–Trinajstić information content (AvgIpc) is 2.76.